The van der Waals surface area contributed by atoms with Gasteiger partial charge in [-0.05, 0) is 36.7 Å². The van der Waals surface area contributed by atoms with Crippen molar-refractivity contribution in [2.24, 2.45) is 5.73 Å². The first-order valence-electron chi connectivity index (χ1n) is 6.57. The van der Waals surface area contributed by atoms with Crippen LogP contribution in [0.3, 0.4) is 0 Å². The molecule has 0 atom stereocenters. The van der Waals surface area contributed by atoms with E-state index >= 15 is 0 Å². The Morgan fingerprint density at radius 3 is 2.71 bits per heavy atom. The average Bonchev–Trinajstić information content (AvgIpc) is 2.46. The molecule has 0 bridgehead atoms. The van der Waals surface area contributed by atoms with Crippen LogP contribution < -0.4 is 15.2 Å². The monoisotopic (exact) mass is 369 g/mol. The van der Waals surface area contributed by atoms with E-state index in [0.717, 1.165) is 15.6 Å². The van der Waals surface area contributed by atoms with E-state index in [1.807, 2.05) is 30.3 Å². The van der Waals surface area contributed by atoms with Gasteiger partial charge in [0.05, 0.1) is 7.11 Å². The minimum Gasteiger partial charge on any atom is -0.493 e. The van der Waals surface area contributed by atoms with E-state index in [1.165, 1.54) is 0 Å². The Bertz CT molecular complexity index is 619. The van der Waals surface area contributed by atoms with Crippen LogP contribution >= 0.6 is 27.5 Å². The van der Waals surface area contributed by atoms with E-state index in [0.29, 0.717) is 36.1 Å². The summed E-state index contributed by atoms with van der Waals surface area (Å²) in [5, 5.41) is 0.616. The van der Waals surface area contributed by atoms with E-state index < -0.39 is 0 Å². The molecule has 2 aromatic rings. The van der Waals surface area contributed by atoms with E-state index in [1.54, 1.807) is 13.2 Å². The van der Waals surface area contributed by atoms with Gasteiger partial charge in [0.1, 0.15) is 6.61 Å². The van der Waals surface area contributed by atoms with Gasteiger partial charge < -0.3 is 15.2 Å². The summed E-state index contributed by atoms with van der Waals surface area (Å²) in [6.07, 6.45) is 0.685. The van der Waals surface area contributed by atoms with Gasteiger partial charge in [0, 0.05) is 21.1 Å². The Morgan fingerprint density at radius 2 is 2.05 bits per heavy atom. The summed E-state index contributed by atoms with van der Waals surface area (Å²) >= 11 is 9.54. The van der Waals surface area contributed by atoms with Crippen LogP contribution in [0.4, 0.5) is 0 Å². The molecule has 21 heavy (non-hydrogen) atoms. The number of hydrogen-bond donors (Lipinski definition) is 1. The Morgan fingerprint density at radius 1 is 1.24 bits per heavy atom. The molecule has 0 saturated carbocycles. The van der Waals surface area contributed by atoms with Crippen LogP contribution in [0.2, 0.25) is 5.02 Å². The Balaban J connectivity index is 2.25. The number of methoxy groups -OCH3 is 1. The number of hydrogen-bond acceptors (Lipinski definition) is 3. The van der Waals surface area contributed by atoms with Gasteiger partial charge in [0.15, 0.2) is 11.5 Å². The lowest BCUT2D eigenvalue weighted by Gasteiger charge is -2.15. The quantitative estimate of drug-likeness (QED) is 0.829. The molecule has 0 spiro atoms. The smallest absolute Gasteiger partial charge is 0.164 e. The average molecular weight is 371 g/mol. The first-order valence-corrected chi connectivity index (χ1v) is 7.75. The fraction of sp³-hybridized carbons (Fsp3) is 0.250. The van der Waals surface area contributed by atoms with Crippen LogP contribution in [0.25, 0.3) is 0 Å². The third-order valence-electron chi connectivity index (χ3n) is 3.00. The van der Waals surface area contributed by atoms with Crippen molar-refractivity contribution in [1.82, 2.24) is 0 Å². The molecule has 2 rings (SSSR count). The number of benzene rings is 2. The highest BCUT2D eigenvalue weighted by atomic mass is 79.9. The van der Waals surface area contributed by atoms with E-state index in [9.17, 15) is 0 Å². The minimum absolute atomic E-state index is 0.453. The summed E-state index contributed by atoms with van der Waals surface area (Å²) in [6, 6.07) is 11.6. The number of halogens is 2. The van der Waals surface area contributed by atoms with Crippen LogP contribution in [-0.2, 0) is 13.0 Å². The second-order valence-corrected chi connectivity index (χ2v) is 5.91. The molecule has 0 aliphatic heterocycles. The molecule has 0 aromatic heterocycles. The molecular weight excluding hydrogens is 354 g/mol. The Hall–Kier alpha value is -1.23. The fourth-order valence-electron chi connectivity index (χ4n) is 2.06. The van der Waals surface area contributed by atoms with Gasteiger partial charge in [-0.25, -0.2) is 0 Å². The van der Waals surface area contributed by atoms with Crippen molar-refractivity contribution in [3.05, 3.63) is 57.0 Å². The molecule has 0 saturated heterocycles. The maximum atomic E-state index is 6.09. The topological polar surface area (TPSA) is 44.5 Å². The van der Waals surface area contributed by atoms with Gasteiger partial charge in [-0.15, -0.1) is 0 Å². The standard InChI is InChI=1S/C16H17BrClNO2/c1-20-15-9-14(18)8-12(5-6-19)16(15)21-10-11-3-2-4-13(17)7-11/h2-4,7-9H,5-6,10,19H2,1H3. The zero-order valence-corrected chi connectivity index (χ0v) is 14.1. The lowest BCUT2D eigenvalue weighted by molar-refractivity contribution is 0.281. The maximum absolute atomic E-state index is 6.09. The summed E-state index contributed by atoms with van der Waals surface area (Å²) in [7, 11) is 1.60. The molecule has 5 heteroatoms. The molecule has 2 N–H and O–H groups in total. The zero-order chi connectivity index (χ0) is 15.2. The summed E-state index contributed by atoms with van der Waals surface area (Å²) in [5.74, 6) is 1.33. The van der Waals surface area contributed by atoms with Crippen molar-refractivity contribution in [2.45, 2.75) is 13.0 Å². The van der Waals surface area contributed by atoms with Crippen molar-refractivity contribution in [2.75, 3.05) is 13.7 Å². The van der Waals surface area contributed by atoms with E-state index in [4.69, 9.17) is 26.8 Å². The zero-order valence-electron chi connectivity index (χ0n) is 11.7. The second kappa shape index (κ2) is 7.69. The lowest BCUT2D eigenvalue weighted by Crippen LogP contribution is -2.07. The molecule has 0 unspecified atom stereocenters. The van der Waals surface area contributed by atoms with Gasteiger partial charge in [0.2, 0.25) is 0 Å². The molecule has 0 fully saturated rings. The Kier molecular flexibility index (Phi) is 5.91. The van der Waals surface area contributed by atoms with Gasteiger partial charge in [-0.1, -0.05) is 39.7 Å². The highest BCUT2D eigenvalue weighted by Gasteiger charge is 2.12. The van der Waals surface area contributed by atoms with Crippen LogP contribution in [0.1, 0.15) is 11.1 Å². The van der Waals surface area contributed by atoms with Crippen LogP contribution in [0, 0.1) is 0 Å². The largest absolute Gasteiger partial charge is 0.493 e. The Labute approximate surface area is 138 Å². The third-order valence-corrected chi connectivity index (χ3v) is 3.71. The van der Waals surface area contributed by atoms with Crippen molar-refractivity contribution in [3.8, 4) is 11.5 Å². The second-order valence-electron chi connectivity index (χ2n) is 4.55. The molecule has 112 valence electrons. The van der Waals surface area contributed by atoms with E-state index in [-0.39, 0.29) is 0 Å². The highest BCUT2D eigenvalue weighted by Crippen LogP contribution is 2.35. The molecular formula is C16H17BrClNO2. The van der Waals surface area contributed by atoms with E-state index in [2.05, 4.69) is 15.9 Å². The van der Waals surface area contributed by atoms with Gasteiger partial charge in [-0.3, -0.25) is 0 Å². The lowest BCUT2D eigenvalue weighted by atomic mass is 10.1. The van der Waals surface area contributed by atoms with Gasteiger partial charge in [-0.2, -0.15) is 0 Å². The molecule has 0 amide bonds. The van der Waals surface area contributed by atoms with Gasteiger partial charge >= 0.3 is 0 Å². The van der Waals surface area contributed by atoms with Crippen molar-refractivity contribution >= 4 is 27.5 Å². The fourth-order valence-corrected chi connectivity index (χ4v) is 2.74. The highest BCUT2D eigenvalue weighted by molar-refractivity contribution is 9.10. The third kappa shape index (κ3) is 4.37. The summed E-state index contributed by atoms with van der Waals surface area (Å²) in [5.41, 5.74) is 7.68. The molecule has 3 nitrogen and oxygen atoms in total. The van der Waals surface area contributed by atoms with Crippen LogP contribution in [0.5, 0.6) is 11.5 Å². The van der Waals surface area contributed by atoms with Crippen LogP contribution in [-0.4, -0.2) is 13.7 Å². The normalized spacial score (nSPS) is 10.5. The van der Waals surface area contributed by atoms with Crippen molar-refractivity contribution in [3.63, 3.8) is 0 Å². The SMILES string of the molecule is COc1cc(Cl)cc(CCN)c1OCc1cccc(Br)c1. The molecule has 0 heterocycles. The summed E-state index contributed by atoms with van der Waals surface area (Å²) in [4.78, 5) is 0. The van der Waals surface area contributed by atoms with Crippen molar-refractivity contribution < 1.29 is 9.47 Å². The van der Waals surface area contributed by atoms with Crippen molar-refractivity contribution in [1.29, 1.82) is 0 Å². The predicted molar refractivity (Wildman–Crippen MR) is 89.2 cm³/mol. The summed E-state index contributed by atoms with van der Waals surface area (Å²) in [6.45, 7) is 0.978. The first-order chi connectivity index (χ1) is 10.1. The number of nitrogens with two attached hydrogens (primary N) is 1. The van der Waals surface area contributed by atoms with Gasteiger partial charge in [0.25, 0.3) is 0 Å². The molecule has 0 aliphatic carbocycles. The molecule has 2 aromatic carbocycles. The van der Waals surface area contributed by atoms with Crippen LogP contribution in [0.15, 0.2) is 40.9 Å². The number of rotatable bonds is 6. The molecule has 0 radical (unpaired) electrons. The maximum Gasteiger partial charge on any atom is 0.164 e. The minimum atomic E-state index is 0.453. The predicted octanol–water partition coefficient (Wildman–Crippen LogP) is 4.19. The summed E-state index contributed by atoms with van der Waals surface area (Å²) < 4.78 is 12.3. The number of ether oxygens (including phenoxy) is 2. The first kappa shape index (κ1) is 16.1. The molecule has 0 aliphatic rings.